The predicted octanol–water partition coefficient (Wildman–Crippen LogP) is 2.00. The molecule has 1 aliphatic rings. The van der Waals surface area contributed by atoms with Gasteiger partial charge in [-0.05, 0) is 44.7 Å². The first-order valence-electron chi connectivity index (χ1n) is 6.51. The minimum atomic E-state index is 0.206. The first-order valence-corrected chi connectivity index (χ1v) is 6.51. The van der Waals surface area contributed by atoms with Crippen molar-refractivity contribution in [3.63, 3.8) is 0 Å². The van der Waals surface area contributed by atoms with Gasteiger partial charge in [0.25, 0.3) is 0 Å². The molecule has 0 radical (unpaired) electrons. The first kappa shape index (κ1) is 12.8. The van der Waals surface area contributed by atoms with Gasteiger partial charge in [0, 0.05) is 24.9 Å². The van der Waals surface area contributed by atoms with Crippen LogP contribution in [0.1, 0.15) is 36.9 Å². The molecule has 1 atom stereocenters. The lowest BCUT2D eigenvalue weighted by Crippen LogP contribution is -2.40. The summed E-state index contributed by atoms with van der Waals surface area (Å²) >= 11 is 0. The second-order valence-electron chi connectivity index (χ2n) is 4.82. The second-order valence-corrected chi connectivity index (χ2v) is 4.82. The van der Waals surface area contributed by atoms with Crippen LogP contribution >= 0.6 is 0 Å². The van der Waals surface area contributed by atoms with E-state index in [1.54, 1.807) is 6.07 Å². The zero-order valence-corrected chi connectivity index (χ0v) is 10.8. The maximum Gasteiger partial charge on any atom is 0.130 e. The summed E-state index contributed by atoms with van der Waals surface area (Å²) in [6.07, 6.45) is 4.23. The van der Waals surface area contributed by atoms with Gasteiger partial charge in [0.2, 0.25) is 0 Å². The number of anilines is 1. The van der Waals surface area contributed by atoms with Gasteiger partial charge >= 0.3 is 0 Å². The van der Waals surface area contributed by atoms with Crippen molar-refractivity contribution in [2.45, 2.75) is 38.6 Å². The van der Waals surface area contributed by atoms with Gasteiger partial charge in [0.1, 0.15) is 5.82 Å². The van der Waals surface area contributed by atoms with Crippen LogP contribution in [0.25, 0.3) is 0 Å². The van der Waals surface area contributed by atoms with Crippen LogP contribution in [0.4, 0.5) is 5.82 Å². The van der Waals surface area contributed by atoms with Crippen molar-refractivity contribution < 1.29 is 5.11 Å². The Bertz CT molecular complexity index is 451. The highest BCUT2D eigenvalue weighted by Gasteiger charge is 2.23. The Morgan fingerprint density at radius 1 is 1.50 bits per heavy atom. The number of aromatic nitrogens is 1. The fourth-order valence-corrected chi connectivity index (χ4v) is 2.61. The van der Waals surface area contributed by atoms with E-state index in [2.05, 4.69) is 16.0 Å². The Morgan fingerprint density at radius 2 is 2.33 bits per heavy atom. The fraction of sp³-hybridized carbons (Fsp3) is 0.571. The number of pyridine rings is 1. The molecule has 1 aromatic heterocycles. The largest absolute Gasteiger partial charge is 0.396 e. The molecule has 1 aliphatic heterocycles. The van der Waals surface area contributed by atoms with Crippen molar-refractivity contribution in [2.24, 2.45) is 0 Å². The number of aryl methyl sites for hydroxylation is 1. The quantitative estimate of drug-likeness (QED) is 0.884. The molecule has 4 heteroatoms. The average Bonchev–Trinajstić information content (AvgIpc) is 2.39. The molecule has 2 heterocycles. The van der Waals surface area contributed by atoms with Gasteiger partial charge in [0.15, 0.2) is 0 Å². The van der Waals surface area contributed by atoms with E-state index in [0.717, 1.165) is 37.3 Å². The summed E-state index contributed by atoms with van der Waals surface area (Å²) in [5.41, 5.74) is 1.53. The molecule has 0 saturated carbocycles. The van der Waals surface area contributed by atoms with E-state index >= 15 is 0 Å². The number of aliphatic hydroxyl groups excluding tert-OH is 1. The summed E-state index contributed by atoms with van der Waals surface area (Å²) in [7, 11) is 0. The summed E-state index contributed by atoms with van der Waals surface area (Å²) in [6, 6.07) is 6.18. The smallest absolute Gasteiger partial charge is 0.130 e. The van der Waals surface area contributed by atoms with Crippen molar-refractivity contribution in [1.29, 1.82) is 5.26 Å². The van der Waals surface area contributed by atoms with E-state index in [1.807, 2.05) is 13.0 Å². The van der Waals surface area contributed by atoms with Crippen LogP contribution in [0, 0.1) is 18.3 Å². The molecule has 18 heavy (non-hydrogen) atoms. The maximum atomic E-state index is 9.14. The summed E-state index contributed by atoms with van der Waals surface area (Å²) in [5.74, 6) is 0.879. The molecule has 0 aromatic carbocycles. The van der Waals surface area contributed by atoms with Crippen molar-refractivity contribution in [3.8, 4) is 6.07 Å². The van der Waals surface area contributed by atoms with Crippen molar-refractivity contribution >= 4 is 5.82 Å². The highest BCUT2D eigenvalue weighted by molar-refractivity contribution is 5.47. The molecule has 96 valence electrons. The average molecular weight is 245 g/mol. The van der Waals surface area contributed by atoms with Gasteiger partial charge < -0.3 is 10.0 Å². The van der Waals surface area contributed by atoms with Crippen LogP contribution in [0.15, 0.2) is 12.1 Å². The summed E-state index contributed by atoms with van der Waals surface area (Å²) in [5, 5.41) is 18.2. The molecule has 2 rings (SSSR count). The van der Waals surface area contributed by atoms with Gasteiger partial charge in [-0.15, -0.1) is 0 Å². The Morgan fingerprint density at radius 3 is 3.06 bits per heavy atom. The third kappa shape index (κ3) is 2.80. The van der Waals surface area contributed by atoms with Crippen LogP contribution in [-0.2, 0) is 0 Å². The van der Waals surface area contributed by atoms with Crippen LogP contribution in [0.5, 0.6) is 0 Å². The number of piperidine rings is 1. The zero-order chi connectivity index (χ0) is 13.0. The summed E-state index contributed by atoms with van der Waals surface area (Å²) in [4.78, 5) is 6.77. The highest BCUT2D eigenvalue weighted by atomic mass is 16.3. The van der Waals surface area contributed by atoms with E-state index in [0.29, 0.717) is 11.6 Å². The zero-order valence-electron chi connectivity index (χ0n) is 10.8. The topological polar surface area (TPSA) is 60.2 Å². The van der Waals surface area contributed by atoms with Gasteiger partial charge in [0.05, 0.1) is 11.6 Å². The van der Waals surface area contributed by atoms with Crippen LogP contribution in [-0.4, -0.2) is 29.3 Å². The molecule has 1 fully saturated rings. The molecule has 0 aliphatic carbocycles. The number of rotatable bonds is 3. The van der Waals surface area contributed by atoms with E-state index < -0.39 is 0 Å². The Labute approximate surface area is 108 Å². The van der Waals surface area contributed by atoms with E-state index in [9.17, 15) is 0 Å². The molecule has 4 nitrogen and oxygen atoms in total. The van der Waals surface area contributed by atoms with Gasteiger partial charge in [-0.25, -0.2) is 4.98 Å². The Balaban J connectivity index is 2.27. The predicted molar refractivity (Wildman–Crippen MR) is 70.4 cm³/mol. The number of nitrogens with zero attached hydrogens (tertiary/aromatic N) is 3. The molecular formula is C14H19N3O. The number of aliphatic hydroxyl groups is 1. The molecule has 1 N–H and O–H groups in total. The standard InChI is InChI=1S/C14H19N3O/c1-11-8-12(10-15)9-14(16-11)17-6-3-2-4-13(17)5-7-18/h8-9,13,18H,2-7H2,1H3. The minimum Gasteiger partial charge on any atom is -0.396 e. The molecule has 1 saturated heterocycles. The monoisotopic (exact) mass is 245 g/mol. The summed E-state index contributed by atoms with van der Waals surface area (Å²) in [6.45, 7) is 3.08. The van der Waals surface area contributed by atoms with Gasteiger partial charge in [-0.3, -0.25) is 0 Å². The molecule has 1 unspecified atom stereocenters. The molecule has 1 aromatic rings. The van der Waals surface area contributed by atoms with Crippen molar-refractivity contribution in [2.75, 3.05) is 18.1 Å². The summed E-state index contributed by atoms with van der Waals surface area (Å²) < 4.78 is 0. The van der Waals surface area contributed by atoms with E-state index in [-0.39, 0.29) is 6.61 Å². The maximum absolute atomic E-state index is 9.14. The number of nitriles is 1. The van der Waals surface area contributed by atoms with Crippen LogP contribution in [0.2, 0.25) is 0 Å². The minimum absolute atomic E-state index is 0.206. The second kappa shape index (κ2) is 5.83. The lowest BCUT2D eigenvalue weighted by atomic mass is 9.99. The highest BCUT2D eigenvalue weighted by Crippen LogP contribution is 2.25. The normalized spacial score (nSPS) is 19.6. The lowest BCUT2D eigenvalue weighted by molar-refractivity contribution is 0.262. The Hall–Kier alpha value is -1.60. The molecule has 0 amide bonds. The van der Waals surface area contributed by atoms with E-state index in [1.165, 1.54) is 6.42 Å². The molecular weight excluding hydrogens is 226 g/mol. The van der Waals surface area contributed by atoms with Crippen molar-refractivity contribution in [3.05, 3.63) is 23.4 Å². The molecule has 0 spiro atoms. The van der Waals surface area contributed by atoms with Crippen molar-refractivity contribution in [1.82, 2.24) is 4.98 Å². The first-order chi connectivity index (χ1) is 8.74. The van der Waals surface area contributed by atoms with Crippen LogP contribution < -0.4 is 4.90 Å². The molecule has 0 bridgehead atoms. The SMILES string of the molecule is Cc1cc(C#N)cc(N2CCCCC2CCO)n1. The fourth-order valence-electron chi connectivity index (χ4n) is 2.61. The lowest BCUT2D eigenvalue weighted by Gasteiger charge is -2.36. The number of hydrogen-bond acceptors (Lipinski definition) is 4. The van der Waals surface area contributed by atoms with Gasteiger partial charge in [-0.2, -0.15) is 5.26 Å². The third-order valence-corrected chi connectivity index (χ3v) is 3.45. The van der Waals surface area contributed by atoms with E-state index in [4.69, 9.17) is 10.4 Å². The number of hydrogen-bond donors (Lipinski definition) is 1. The van der Waals surface area contributed by atoms with Gasteiger partial charge in [-0.1, -0.05) is 0 Å². The van der Waals surface area contributed by atoms with Crippen LogP contribution in [0.3, 0.4) is 0 Å². The Kier molecular flexibility index (Phi) is 4.16. The third-order valence-electron chi connectivity index (χ3n) is 3.45.